The normalized spacial score (nSPS) is 17.7. The van der Waals surface area contributed by atoms with E-state index in [9.17, 15) is 14.7 Å². The van der Waals surface area contributed by atoms with Crippen LogP contribution in [-0.2, 0) is 9.59 Å². The Morgan fingerprint density at radius 3 is 2.33 bits per heavy atom. The summed E-state index contributed by atoms with van der Waals surface area (Å²) in [5.74, 6) is -0.886. The molecular weight excluding hydrogens is 467 g/mol. The smallest absolute Gasteiger partial charge is 0.295 e. The van der Waals surface area contributed by atoms with Crippen LogP contribution in [0.25, 0.3) is 5.76 Å². The monoisotopic (exact) mass is 492 g/mol. The summed E-state index contributed by atoms with van der Waals surface area (Å²) in [6.07, 6.45) is 0.647. The van der Waals surface area contributed by atoms with Gasteiger partial charge in [0.2, 0.25) is 0 Å². The number of nitrogens with zero attached hydrogens (tertiary/aromatic N) is 2. The highest BCUT2D eigenvalue weighted by atomic mass is 35.5. The molecule has 0 saturated carbocycles. The van der Waals surface area contributed by atoms with Gasteiger partial charge in [0.15, 0.2) is 11.5 Å². The zero-order chi connectivity index (χ0) is 24.3. The summed E-state index contributed by atoms with van der Waals surface area (Å²) in [5.41, 5.74) is 0.884. The molecule has 1 saturated heterocycles. The second kappa shape index (κ2) is 10.5. The Morgan fingerprint density at radius 1 is 1.03 bits per heavy atom. The Hall–Kier alpha value is -2.74. The first kappa shape index (κ1) is 24.9. The number of Topliss-reactive ketones (excluding diaryl/α,β-unsaturated/α-hetero) is 1. The number of ketones is 1. The Morgan fingerprint density at radius 2 is 1.73 bits per heavy atom. The summed E-state index contributed by atoms with van der Waals surface area (Å²) in [5, 5.41) is 11.8. The van der Waals surface area contributed by atoms with Crippen LogP contribution >= 0.6 is 23.2 Å². The van der Waals surface area contributed by atoms with Crippen LogP contribution in [0.15, 0.2) is 42.0 Å². The van der Waals surface area contributed by atoms with Gasteiger partial charge in [0.25, 0.3) is 11.7 Å². The molecule has 0 radical (unpaired) electrons. The maximum Gasteiger partial charge on any atom is 0.295 e. The van der Waals surface area contributed by atoms with Crippen molar-refractivity contribution in [3.63, 3.8) is 0 Å². The molecule has 1 N–H and O–H groups in total. The lowest BCUT2D eigenvalue weighted by atomic mass is 9.95. The van der Waals surface area contributed by atoms with E-state index in [0.29, 0.717) is 45.6 Å². The highest BCUT2D eigenvalue weighted by Crippen LogP contribution is 2.42. The largest absolute Gasteiger partial charge is 0.507 e. The molecule has 1 heterocycles. The van der Waals surface area contributed by atoms with Crippen LogP contribution in [0.5, 0.6) is 11.5 Å². The van der Waals surface area contributed by atoms with Crippen LogP contribution in [0.4, 0.5) is 0 Å². The molecule has 1 aliphatic rings. The first-order chi connectivity index (χ1) is 15.7. The van der Waals surface area contributed by atoms with Crippen molar-refractivity contribution in [2.24, 2.45) is 0 Å². The second-order valence-electron chi connectivity index (χ2n) is 7.89. The predicted octanol–water partition coefficient (Wildman–Crippen LogP) is 4.38. The molecule has 3 rings (SSSR count). The van der Waals surface area contributed by atoms with Crippen molar-refractivity contribution in [1.29, 1.82) is 0 Å². The number of aliphatic hydroxyl groups excluding tert-OH is 1. The predicted molar refractivity (Wildman–Crippen MR) is 128 cm³/mol. The first-order valence-electron chi connectivity index (χ1n) is 10.3. The van der Waals surface area contributed by atoms with E-state index < -0.39 is 17.7 Å². The number of carbonyl (C=O) groups excluding carboxylic acids is 2. The zero-order valence-corrected chi connectivity index (χ0v) is 20.4. The van der Waals surface area contributed by atoms with Gasteiger partial charge < -0.3 is 24.4 Å². The van der Waals surface area contributed by atoms with Crippen LogP contribution in [0.2, 0.25) is 10.0 Å². The number of halogens is 2. The van der Waals surface area contributed by atoms with E-state index in [-0.39, 0.29) is 11.3 Å². The molecule has 2 aromatic rings. The Labute approximate surface area is 203 Å². The average Bonchev–Trinajstić information content (AvgIpc) is 3.04. The molecule has 176 valence electrons. The van der Waals surface area contributed by atoms with Crippen molar-refractivity contribution in [3.8, 4) is 11.5 Å². The number of amides is 1. The molecule has 1 aliphatic heterocycles. The number of methoxy groups -OCH3 is 2. The number of hydrogen-bond donors (Lipinski definition) is 1. The number of ether oxygens (including phenoxy) is 2. The molecule has 0 aromatic heterocycles. The van der Waals surface area contributed by atoms with Crippen molar-refractivity contribution >= 4 is 40.7 Å². The van der Waals surface area contributed by atoms with Crippen LogP contribution in [-0.4, -0.2) is 68.0 Å². The molecule has 1 fully saturated rings. The van der Waals surface area contributed by atoms with E-state index in [1.165, 1.54) is 19.1 Å². The minimum absolute atomic E-state index is 0.0181. The minimum Gasteiger partial charge on any atom is -0.507 e. The highest BCUT2D eigenvalue weighted by Gasteiger charge is 2.46. The topological polar surface area (TPSA) is 79.3 Å². The lowest BCUT2D eigenvalue weighted by molar-refractivity contribution is -0.139. The Kier molecular flexibility index (Phi) is 7.89. The van der Waals surface area contributed by atoms with Gasteiger partial charge in [-0.1, -0.05) is 29.3 Å². The number of benzene rings is 2. The first-order valence-corrected chi connectivity index (χ1v) is 11.1. The van der Waals surface area contributed by atoms with E-state index in [2.05, 4.69) is 0 Å². The van der Waals surface area contributed by atoms with Crippen LogP contribution in [0.3, 0.4) is 0 Å². The lowest BCUT2D eigenvalue weighted by Gasteiger charge is -2.26. The van der Waals surface area contributed by atoms with Gasteiger partial charge >= 0.3 is 0 Å². The molecule has 9 heteroatoms. The molecule has 1 unspecified atom stereocenters. The Bertz CT molecular complexity index is 1100. The molecule has 1 atom stereocenters. The van der Waals surface area contributed by atoms with E-state index in [0.717, 1.165) is 6.54 Å². The van der Waals surface area contributed by atoms with E-state index >= 15 is 0 Å². The summed E-state index contributed by atoms with van der Waals surface area (Å²) in [6, 6.07) is 8.88. The van der Waals surface area contributed by atoms with Gasteiger partial charge in [-0.2, -0.15) is 0 Å². The SMILES string of the molecule is COc1ccc(C(O)=C2C(=O)C(=O)N(CCCN(C)C)C2c2ccc(Cl)c(Cl)c2)cc1OC. The van der Waals surface area contributed by atoms with Crippen molar-refractivity contribution in [1.82, 2.24) is 9.80 Å². The standard InChI is InChI=1S/C24H26Cl2N2O5/c1-27(2)10-5-11-28-21(14-6-8-16(25)17(26)12-14)20(23(30)24(28)31)22(29)15-7-9-18(32-3)19(13-15)33-4/h6-9,12-13,21,29H,5,10-11H2,1-4H3. The molecule has 1 amide bonds. The fourth-order valence-corrected chi connectivity index (χ4v) is 4.14. The van der Waals surface area contributed by atoms with Gasteiger partial charge in [0.1, 0.15) is 5.76 Å². The van der Waals surface area contributed by atoms with Crippen molar-refractivity contribution in [3.05, 3.63) is 63.1 Å². The maximum atomic E-state index is 13.1. The van der Waals surface area contributed by atoms with Crippen molar-refractivity contribution in [2.45, 2.75) is 12.5 Å². The third kappa shape index (κ3) is 5.11. The highest BCUT2D eigenvalue weighted by molar-refractivity contribution is 6.46. The molecule has 33 heavy (non-hydrogen) atoms. The summed E-state index contributed by atoms with van der Waals surface area (Å²) in [4.78, 5) is 29.6. The fraction of sp³-hybridized carbons (Fsp3) is 0.333. The van der Waals surface area contributed by atoms with E-state index in [1.807, 2.05) is 19.0 Å². The number of hydrogen-bond acceptors (Lipinski definition) is 6. The maximum absolute atomic E-state index is 13.1. The van der Waals surface area contributed by atoms with Crippen LogP contribution in [0, 0.1) is 0 Å². The third-order valence-corrected chi connectivity index (χ3v) is 6.20. The van der Waals surface area contributed by atoms with Gasteiger partial charge in [-0.05, 0) is 63.0 Å². The quantitative estimate of drug-likeness (QED) is 0.334. The number of aliphatic hydroxyl groups is 1. The van der Waals surface area contributed by atoms with Crippen LogP contribution in [0.1, 0.15) is 23.6 Å². The zero-order valence-electron chi connectivity index (χ0n) is 18.9. The molecule has 7 nitrogen and oxygen atoms in total. The van der Waals surface area contributed by atoms with Gasteiger partial charge in [-0.25, -0.2) is 0 Å². The van der Waals surface area contributed by atoms with Gasteiger partial charge in [0, 0.05) is 12.1 Å². The summed E-state index contributed by atoms with van der Waals surface area (Å²) in [6.45, 7) is 1.06. The molecule has 0 aliphatic carbocycles. The number of likely N-dealkylation sites (tertiary alicyclic amines) is 1. The van der Waals surface area contributed by atoms with Crippen molar-refractivity contribution in [2.75, 3.05) is 41.4 Å². The summed E-state index contributed by atoms with van der Waals surface area (Å²) >= 11 is 12.3. The molecule has 0 bridgehead atoms. The van der Waals surface area contributed by atoms with E-state index in [1.54, 1.807) is 36.4 Å². The lowest BCUT2D eigenvalue weighted by Crippen LogP contribution is -2.32. The third-order valence-electron chi connectivity index (χ3n) is 5.46. The average molecular weight is 493 g/mol. The van der Waals surface area contributed by atoms with Gasteiger partial charge in [-0.15, -0.1) is 0 Å². The molecule has 0 spiro atoms. The van der Waals surface area contributed by atoms with Gasteiger partial charge in [0.05, 0.1) is 35.9 Å². The molecule has 2 aromatic carbocycles. The minimum atomic E-state index is -0.810. The molecular formula is C24H26Cl2N2O5. The summed E-state index contributed by atoms with van der Waals surface area (Å²) in [7, 11) is 6.84. The fourth-order valence-electron chi connectivity index (χ4n) is 3.84. The number of rotatable bonds is 8. The van der Waals surface area contributed by atoms with E-state index in [4.69, 9.17) is 32.7 Å². The summed E-state index contributed by atoms with van der Waals surface area (Å²) < 4.78 is 10.6. The Balaban J connectivity index is 2.14. The van der Waals surface area contributed by atoms with Crippen LogP contribution < -0.4 is 9.47 Å². The second-order valence-corrected chi connectivity index (χ2v) is 8.71. The van der Waals surface area contributed by atoms with Gasteiger partial charge in [-0.3, -0.25) is 9.59 Å². The number of carbonyl (C=O) groups is 2. The van der Waals surface area contributed by atoms with Crippen molar-refractivity contribution < 1.29 is 24.2 Å².